The molecule has 1 aromatic heterocycles. The van der Waals surface area contributed by atoms with Gasteiger partial charge in [-0.25, -0.2) is 0 Å². The van der Waals surface area contributed by atoms with E-state index in [2.05, 4.69) is 31.0 Å². The molecule has 0 bridgehead atoms. The van der Waals surface area contributed by atoms with Crippen LogP contribution in [0.3, 0.4) is 0 Å². The van der Waals surface area contributed by atoms with E-state index in [1.807, 2.05) is 6.20 Å². The van der Waals surface area contributed by atoms with E-state index in [9.17, 15) is 0 Å². The molecule has 0 amide bonds. The fourth-order valence-corrected chi connectivity index (χ4v) is 3.82. The number of rotatable bonds is 0. The lowest BCUT2D eigenvalue weighted by Gasteiger charge is -2.52. The van der Waals surface area contributed by atoms with Gasteiger partial charge in [0.15, 0.2) is 0 Å². The summed E-state index contributed by atoms with van der Waals surface area (Å²) in [6, 6.07) is 4.41. The summed E-state index contributed by atoms with van der Waals surface area (Å²) in [5.74, 6) is 1.73. The number of nitrogens with zero attached hydrogens (tertiary/aromatic N) is 1. The Hall–Kier alpha value is -0.850. The van der Waals surface area contributed by atoms with E-state index < -0.39 is 0 Å². The minimum atomic E-state index is 0.504. The van der Waals surface area contributed by atoms with Crippen LogP contribution in [0.2, 0.25) is 0 Å². The van der Waals surface area contributed by atoms with Crippen LogP contribution in [0.15, 0.2) is 18.3 Å². The number of aryl methyl sites for hydroxylation is 1. The predicted molar refractivity (Wildman–Crippen MR) is 57.2 cm³/mol. The Labute approximate surface area is 85.6 Å². The Morgan fingerprint density at radius 3 is 2.86 bits per heavy atom. The second-order valence-corrected chi connectivity index (χ2v) is 5.08. The van der Waals surface area contributed by atoms with Crippen molar-refractivity contribution in [2.75, 3.05) is 0 Å². The molecule has 2 unspecified atom stereocenters. The van der Waals surface area contributed by atoms with Crippen LogP contribution in [0.4, 0.5) is 0 Å². The van der Waals surface area contributed by atoms with Crippen molar-refractivity contribution in [3.05, 3.63) is 29.6 Å². The molecule has 74 valence electrons. The van der Waals surface area contributed by atoms with E-state index in [0.29, 0.717) is 5.41 Å². The molecule has 0 aromatic carbocycles. The van der Waals surface area contributed by atoms with Crippen LogP contribution in [-0.4, -0.2) is 4.98 Å². The van der Waals surface area contributed by atoms with Crippen LogP contribution in [0, 0.1) is 11.8 Å². The second kappa shape index (κ2) is 2.59. The summed E-state index contributed by atoms with van der Waals surface area (Å²) < 4.78 is 0. The fourth-order valence-electron chi connectivity index (χ4n) is 3.82. The number of pyridine rings is 1. The molecule has 1 spiro atoms. The molecule has 1 saturated carbocycles. The van der Waals surface area contributed by atoms with E-state index in [1.165, 1.54) is 25.0 Å². The zero-order valence-electron chi connectivity index (χ0n) is 8.96. The first-order valence-electron chi connectivity index (χ1n) is 5.69. The third-order valence-electron chi connectivity index (χ3n) is 4.63. The summed E-state index contributed by atoms with van der Waals surface area (Å²) in [4.78, 5) is 4.51. The van der Waals surface area contributed by atoms with Gasteiger partial charge >= 0.3 is 0 Å². The van der Waals surface area contributed by atoms with Crippen LogP contribution < -0.4 is 0 Å². The molecule has 1 aromatic rings. The summed E-state index contributed by atoms with van der Waals surface area (Å²) in [7, 11) is 0. The standard InChI is InChI=1S/C13H17N/c1-9-8-10(2)13(9)6-5-12-11(13)4-3-7-14-12/h3-4,7,9-10H,5-6,8H2,1-2H3. The molecule has 14 heavy (non-hydrogen) atoms. The molecule has 2 atom stereocenters. The Kier molecular flexibility index (Phi) is 1.56. The molecule has 1 heteroatoms. The van der Waals surface area contributed by atoms with Crippen LogP contribution in [-0.2, 0) is 11.8 Å². The summed E-state index contributed by atoms with van der Waals surface area (Å²) >= 11 is 0. The van der Waals surface area contributed by atoms with E-state index in [1.54, 1.807) is 5.56 Å². The maximum atomic E-state index is 4.51. The third-order valence-corrected chi connectivity index (χ3v) is 4.63. The van der Waals surface area contributed by atoms with Gasteiger partial charge in [0.05, 0.1) is 0 Å². The average molecular weight is 187 g/mol. The molecule has 2 aliphatic carbocycles. The van der Waals surface area contributed by atoms with Crippen LogP contribution in [0.5, 0.6) is 0 Å². The topological polar surface area (TPSA) is 12.9 Å². The molecule has 1 fully saturated rings. The highest BCUT2D eigenvalue weighted by Gasteiger charge is 2.54. The van der Waals surface area contributed by atoms with E-state index >= 15 is 0 Å². The molecule has 2 aliphatic rings. The van der Waals surface area contributed by atoms with Gasteiger partial charge in [-0.2, -0.15) is 0 Å². The fraction of sp³-hybridized carbons (Fsp3) is 0.615. The Balaban J connectivity index is 2.13. The number of aromatic nitrogens is 1. The van der Waals surface area contributed by atoms with Gasteiger partial charge in [0.1, 0.15) is 0 Å². The number of hydrogen-bond donors (Lipinski definition) is 0. The van der Waals surface area contributed by atoms with Gasteiger partial charge in [0.25, 0.3) is 0 Å². The molecule has 0 radical (unpaired) electrons. The Morgan fingerprint density at radius 2 is 2.14 bits per heavy atom. The summed E-state index contributed by atoms with van der Waals surface area (Å²) in [5.41, 5.74) is 3.43. The van der Waals surface area contributed by atoms with Crippen molar-refractivity contribution in [1.82, 2.24) is 4.98 Å². The van der Waals surface area contributed by atoms with Gasteiger partial charge in [0, 0.05) is 17.3 Å². The first-order chi connectivity index (χ1) is 6.75. The quantitative estimate of drug-likeness (QED) is 0.608. The lowest BCUT2D eigenvalue weighted by molar-refractivity contribution is 0.0523. The monoisotopic (exact) mass is 187 g/mol. The molecule has 1 nitrogen and oxygen atoms in total. The smallest absolute Gasteiger partial charge is 0.0441 e. The normalized spacial score (nSPS) is 39.6. The zero-order chi connectivity index (χ0) is 9.76. The van der Waals surface area contributed by atoms with Gasteiger partial charge in [-0.05, 0) is 42.7 Å². The molecule has 0 saturated heterocycles. The molecular formula is C13H17N. The van der Waals surface area contributed by atoms with Crippen molar-refractivity contribution in [2.24, 2.45) is 11.8 Å². The van der Waals surface area contributed by atoms with Crippen molar-refractivity contribution in [3.8, 4) is 0 Å². The second-order valence-electron chi connectivity index (χ2n) is 5.08. The minimum absolute atomic E-state index is 0.504. The largest absolute Gasteiger partial charge is 0.261 e. The predicted octanol–water partition coefficient (Wildman–Crippen LogP) is 2.94. The van der Waals surface area contributed by atoms with Gasteiger partial charge in [-0.1, -0.05) is 19.9 Å². The van der Waals surface area contributed by atoms with Crippen LogP contribution in [0.1, 0.15) is 37.9 Å². The highest BCUT2D eigenvalue weighted by molar-refractivity contribution is 5.39. The Bertz CT molecular complexity index is 361. The van der Waals surface area contributed by atoms with Crippen molar-refractivity contribution in [3.63, 3.8) is 0 Å². The number of hydrogen-bond acceptors (Lipinski definition) is 1. The van der Waals surface area contributed by atoms with Crippen LogP contribution >= 0.6 is 0 Å². The van der Waals surface area contributed by atoms with Crippen molar-refractivity contribution in [2.45, 2.75) is 38.5 Å². The maximum absolute atomic E-state index is 4.51. The van der Waals surface area contributed by atoms with E-state index in [0.717, 1.165) is 11.8 Å². The summed E-state index contributed by atoms with van der Waals surface area (Å²) in [5, 5.41) is 0. The highest BCUT2D eigenvalue weighted by Crippen LogP contribution is 2.59. The van der Waals surface area contributed by atoms with Gasteiger partial charge in [-0.15, -0.1) is 0 Å². The Morgan fingerprint density at radius 1 is 1.36 bits per heavy atom. The maximum Gasteiger partial charge on any atom is 0.0441 e. The van der Waals surface area contributed by atoms with Crippen molar-refractivity contribution >= 4 is 0 Å². The first-order valence-corrected chi connectivity index (χ1v) is 5.69. The first kappa shape index (κ1) is 8.46. The summed E-state index contributed by atoms with van der Waals surface area (Å²) in [6.07, 6.45) is 5.87. The summed E-state index contributed by atoms with van der Waals surface area (Å²) in [6.45, 7) is 4.81. The zero-order valence-corrected chi connectivity index (χ0v) is 8.96. The van der Waals surface area contributed by atoms with E-state index in [4.69, 9.17) is 0 Å². The van der Waals surface area contributed by atoms with Crippen LogP contribution in [0.25, 0.3) is 0 Å². The van der Waals surface area contributed by atoms with E-state index in [-0.39, 0.29) is 0 Å². The third kappa shape index (κ3) is 0.789. The minimum Gasteiger partial charge on any atom is -0.261 e. The average Bonchev–Trinajstić information content (AvgIpc) is 2.60. The molecule has 0 N–H and O–H groups in total. The molecule has 3 rings (SSSR count). The van der Waals surface area contributed by atoms with Crippen molar-refractivity contribution in [1.29, 1.82) is 0 Å². The van der Waals surface area contributed by atoms with Crippen molar-refractivity contribution < 1.29 is 0 Å². The molecule has 0 aliphatic heterocycles. The molecule has 1 heterocycles. The highest BCUT2D eigenvalue weighted by atomic mass is 14.7. The number of fused-ring (bicyclic) bond motifs is 2. The lowest BCUT2D eigenvalue weighted by atomic mass is 9.52. The lowest BCUT2D eigenvalue weighted by Crippen LogP contribution is -2.48. The van der Waals surface area contributed by atoms with Gasteiger partial charge in [0.2, 0.25) is 0 Å². The van der Waals surface area contributed by atoms with Gasteiger partial charge < -0.3 is 0 Å². The SMILES string of the molecule is CC1CC(C)C12CCc1ncccc12. The van der Waals surface area contributed by atoms with Gasteiger partial charge in [-0.3, -0.25) is 4.98 Å². The molecular weight excluding hydrogens is 170 g/mol.